The van der Waals surface area contributed by atoms with Crippen LogP contribution in [-0.2, 0) is 16.5 Å². The molecule has 1 amide bonds. The number of carbonyl (C=O) groups is 1. The van der Waals surface area contributed by atoms with Crippen molar-refractivity contribution in [3.05, 3.63) is 101 Å². The number of alkyl halides is 3. The van der Waals surface area contributed by atoms with E-state index in [0.29, 0.717) is 11.3 Å². The molecule has 3 nitrogen and oxygen atoms in total. The van der Waals surface area contributed by atoms with Gasteiger partial charge in [-0.25, -0.2) is 0 Å². The van der Waals surface area contributed by atoms with Crippen molar-refractivity contribution in [3.8, 4) is 0 Å². The van der Waals surface area contributed by atoms with Gasteiger partial charge in [0.15, 0.2) is 0 Å². The Kier molecular flexibility index (Phi) is 6.78. The summed E-state index contributed by atoms with van der Waals surface area (Å²) in [6, 6.07) is 20.6. The maximum absolute atomic E-state index is 13.8. The van der Waals surface area contributed by atoms with Crippen LogP contribution in [0.5, 0.6) is 0 Å². The van der Waals surface area contributed by atoms with Crippen LogP contribution < -0.4 is 5.32 Å². The highest BCUT2D eigenvalue weighted by Gasteiger charge is 2.49. The molecular formula is C28H29F3N2O. The van der Waals surface area contributed by atoms with Gasteiger partial charge in [0, 0.05) is 18.5 Å². The summed E-state index contributed by atoms with van der Waals surface area (Å²) in [5.41, 5.74) is 0.626. The predicted octanol–water partition coefficient (Wildman–Crippen LogP) is 6.76. The Labute approximate surface area is 198 Å². The van der Waals surface area contributed by atoms with Crippen LogP contribution in [0.15, 0.2) is 72.8 Å². The van der Waals surface area contributed by atoms with E-state index in [9.17, 15) is 18.0 Å². The fraction of sp³-hybridized carbons (Fsp3) is 0.357. The monoisotopic (exact) mass is 466 g/mol. The largest absolute Gasteiger partial charge is 0.416 e. The molecule has 1 N–H and O–H groups in total. The van der Waals surface area contributed by atoms with Gasteiger partial charge < -0.3 is 5.32 Å². The molecule has 178 valence electrons. The molecule has 1 heterocycles. The smallest absolute Gasteiger partial charge is 0.341 e. The lowest BCUT2D eigenvalue weighted by atomic mass is 9.65. The maximum atomic E-state index is 13.8. The number of halogens is 3. The number of amides is 1. The first-order chi connectivity index (χ1) is 16.2. The maximum Gasteiger partial charge on any atom is 0.416 e. The quantitative estimate of drug-likeness (QED) is 0.436. The highest BCUT2D eigenvalue weighted by atomic mass is 19.4. The molecule has 34 heavy (non-hydrogen) atoms. The zero-order valence-electron chi connectivity index (χ0n) is 19.4. The third kappa shape index (κ3) is 4.72. The topological polar surface area (TPSA) is 42.0 Å². The number of hydrogen-bond acceptors (Lipinski definition) is 2. The molecule has 2 atom stereocenters. The average molecular weight is 467 g/mol. The summed E-state index contributed by atoms with van der Waals surface area (Å²) in [6.07, 6.45) is -0.535. The Balaban J connectivity index is 2.08. The number of carbonyl (C=O) groups excluding carboxylic acids is 1. The van der Waals surface area contributed by atoms with Crippen molar-refractivity contribution in [1.82, 2.24) is 10.3 Å². The second-order valence-corrected chi connectivity index (χ2v) is 9.16. The van der Waals surface area contributed by atoms with Crippen molar-refractivity contribution in [2.24, 2.45) is 5.92 Å². The Morgan fingerprint density at radius 2 is 1.59 bits per heavy atom. The highest BCUT2D eigenvalue weighted by Crippen LogP contribution is 2.51. The first-order valence-electron chi connectivity index (χ1n) is 11.7. The van der Waals surface area contributed by atoms with Crippen LogP contribution in [0.1, 0.15) is 66.6 Å². The van der Waals surface area contributed by atoms with Gasteiger partial charge in [-0.05, 0) is 61.1 Å². The van der Waals surface area contributed by atoms with E-state index >= 15 is 0 Å². The molecule has 1 aromatic heterocycles. The molecule has 6 heteroatoms. The molecule has 3 aromatic rings. The Bertz CT molecular complexity index is 1140. The van der Waals surface area contributed by atoms with Crippen LogP contribution in [0.3, 0.4) is 0 Å². The number of aromatic nitrogens is 1. The molecule has 1 aliphatic carbocycles. The number of benzene rings is 2. The number of pyridine rings is 1. The van der Waals surface area contributed by atoms with E-state index in [0.717, 1.165) is 43.0 Å². The lowest BCUT2D eigenvalue weighted by Crippen LogP contribution is -2.53. The van der Waals surface area contributed by atoms with Gasteiger partial charge >= 0.3 is 6.18 Å². The van der Waals surface area contributed by atoms with Gasteiger partial charge in [-0.2, -0.15) is 13.2 Å². The van der Waals surface area contributed by atoms with Crippen LogP contribution in [0, 0.1) is 12.8 Å². The van der Waals surface area contributed by atoms with Gasteiger partial charge in [-0.15, -0.1) is 0 Å². The summed E-state index contributed by atoms with van der Waals surface area (Å²) in [6.45, 7) is 3.26. The molecular weight excluding hydrogens is 437 g/mol. The Morgan fingerprint density at radius 1 is 0.941 bits per heavy atom. The van der Waals surface area contributed by atoms with Gasteiger partial charge in [0.25, 0.3) is 0 Å². The van der Waals surface area contributed by atoms with Crippen molar-refractivity contribution in [2.75, 3.05) is 0 Å². The van der Waals surface area contributed by atoms with E-state index in [4.69, 9.17) is 4.98 Å². The zero-order chi connectivity index (χ0) is 24.3. The standard InChI is InChI=1S/C28H29F3N2O/c1-19-10-8-17-25(32-19)27(33-20(2)34,23-15-9-16-24(18-23)28(29,30)31)26(22-13-6-7-14-22)21-11-4-3-5-12-21/h3-5,8-12,15-18,22,26H,6-7,13-14H2,1-2H3,(H,33,34). The molecule has 0 aliphatic heterocycles. The van der Waals surface area contributed by atoms with Crippen molar-refractivity contribution in [3.63, 3.8) is 0 Å². The molecule has 1 fully saturated rings. The van der Waals surface area contributed by atoms with E-state index in [2.05, 4.69) is 5.32 Å². The first-order valence-corrected chi connectivity index (χ1v) is 11.7. The van der Waals surface area contributed by atoms with E-state index in [1.165, 1.54) is 19.1 Å². The van der Waals surface area contributed by atoms with Crippen LogP contribution in [-0.4, -0.2) is 10.9 Å². The van der Waals surface area contributed by atoms with Crippen molar-refractivity contribution in [1.29, 1.82) is 0 Å². The molecule has 1 aliphatic rings. The second-order valence-electron chi connectivity index (χ2n) is 9.16. The second kappa shape index (κ2) is 9.61. The minimum absolute atomic E-state index is 0.172. The normalized spacial score (nSPS) is 17.2. The van der Waals surface area contributed by atoms with E-state index in [1.807, 2.05) is 55.5 Å². The third-order valence-corrected chi connectivity index (χ3v) is 6.81. The van der Waals surface area contributed by atoms with E-state index in [-0.39, 0.29) is 17.7 Å². The fourth-order valence-electron chi connectivity index (χ4n) is 5.51. The highest BCUT2D eigenvalue weighted by molar-refractivity contribution is 5.75. The van der Waals surface area contributed by atoms with Crippen LogP contribution in [0.2, 0.25) is 0 Å². The van der Waals surface area contributed by atoms with Crippen molar-refractivity contribution in [2.45, 2.75) is 57.2 Å². The zero-order valence-corrected chi connectivity index (χ0v) is 19.4. The summed E-state index contributed by atoms with van der Waals surface area (Å²) in [7, 11) is 0. The number of hydrogen-bond donors (Lipinski definition) is 1. The number of rotatable bonds is 6. The molecule has 0 saturated heterocycles. The number of nitrogens with one attached hydrogen (secondary N) is 1. The average Bonchev–Trinajstić information content (AvgIpc) is 3.33. The minimum atomic E-state index is -4.51. The van der Waals surface area contributed by atoms with Crippen LogP contribution in [0.25, 0.3) is 0 Å². The summed E-state index contributed by atoms with van der Waals surface area (Å²) in [5.74, 6) is -0.441. The van der Waals surface area contributed by atoms with Gasteiger partial charge in [0.1, 0.15) is 5.54 Å². The molecule has 4 rings (SSSR count). The van der Waals surface area contributed by atoms with Gasteiger partial charge in [0.05, 0.1) is 11.3 Å². The predicted molar refractivity (Wildman–Crippen MR) is 126 cm³/mol. The van der Waals surface area contributed by atoms with Crippen molar-refractivity contribution < 1.29 is 18.0 Å². The minimum Gasteiger partial charge on any atom is -0.341 e. The lowest BCUT2D eigenvalue weighted by molar-refractivity contribution is -0.137. The van der Waals surface area contributed by atoms with E-state index in [1.54, 1.807) is 6.07 Å². The summed E-state index contributed by atoms with van der Waals surface area (Å²) < 4.78 is 41.4. The van der Waals surface area contributed by atoms with Crippen LogP contribution in [0.4, 0.5) is 13.2 Å². The number of nitrogens with zero attached hydrogens (tertiary/aromatic N) is 1. The SMILES string of the molecule is CC(=O)NC(c1cccc(C(F)(F)F)c1)(c1cccc(C)n1)C(c1ccccc1)C1CCCC1. The molecule has 1 saturated carbocycles. The van der Waals surface area contributed by atoms with E-state index < -0.39 is 17.3 Å². The van der Waals surface area contributed by atoms with Gasteiger partial charge in [0.2, 0.25) is 5.91 Å². The van der Waals surface area contributed by atoms with Crippen molar-refractivity contribution >= 4 is 5.91 Å². The third-order valence-electron chi connectivity index (χ3n) is 6.81. The molecule has 0 radical (unpaired) electrons. The Morgan fingerprint density at radius 3 is 2.21 bits per heavy atom. The summed E-state index contributed by atoms with van der Waals surface area (Å²) >= 11 is 0. The molecule has 0 spiro atoms. The summed E-state index contributed by atoms with van der Waals surface area (Å²) in [4.78, 5) is 17.6. The summed E-state index contributed by atoms with van der Waals surface area (Å²) in [5, 5.41) is 3.14. The lowest BCUT2D eigenvalue weighted by Gasteiger charge is -2.45. The van der Waals surface area contributed by atoms with Crippen LogP contribution >= 0.6 is 0 Å². The molecule has 0 bridgehead atoms. The molecule has 2 aromatic carbocycles. The van der Waals surface area contributed by atoms with Gasteiger partial charge in [-0.1, -0.05) is 61.4 Å². The Hall–Kier alpha value is -3.15. The number of aryl methyl sites for hydroxylation is 1. The van der Waals surface area contributed by atoms with Gasteiger partial charge in [-0.3, -0.25) is 9.78 Å². The molecule has 2 unspecified atom stereocenters. The fourth-order valence-corrected chi connectivity index (χ4v) is 5.51. The first kappa shape index (κ1) is 24.0.